The van der Waals surface area contributed by atoms with Crippen LogP contribution >= 0.6 is 0 Å². The van der Waals surface area contributed by atoms with Gasteiger partial charge in [-0.15, -0.1) is 0 Å². The van der Waals surface area contributed by atoms with Crippen LogP contribution in [0.5, 0.6) is 5.75 Å². The van der Waals surface area contributed by atoms with E-state index in [1.807, 2.05) is 30.3 Å². The van der Waals surface area contributed by atoms with E-state index < -0.39 is 17.9 Å². The summed E-state index contributed by atoms with van der Waals surface area (Å²) >= 11 is 0. The molecule has 1 aliphatic heterocycles. The van der Waals surface area contributed by atoms with Crippen molar-refractivity contribution in [2.24, 2.45) is 5.73 Å². The zero-order valence-corrected chi connectivity index (χ0v) is 20.2. The third kappa shape index (κ3) is 4.64. The Morgan fingerprint density at radius 1 is 1.14 bits per heavy atom. The van der Waals surface area contributed by atoms with Crippen molar-refractivity contribution in [1.82, 2.24) is 14.9 Å². The third-order valence-corrected chi connectivity index (χ3v) is 6.58. The molecular weight excluding hydrogens is 485 g/mol. The van der Waals surface area contributed by atoms with Gasteiger partial charge in [0.15, 0.2) is 11.5 Å². The average Bonchev–Trinajstić information content (AvgIpc) is 3.56. The molecule has 1 fully saturated rings. The van der Waals surface area contributed by atoms with Crippen LogP contribution < -0.4 is 10.5 Å². The Bertz CT molecular complexity index is 1450. The van der Waals surface area contributed by atoms with Crippen molar-refractivity contribution < 1.29 is 27.1 Å². The Balaban J connectivity index is 1.53. The number of alkyl halides is 3. The smallest absolute Gasteiger partial charge is 0.433 e. The summed E-state index contributed by atoms with van der Waals surface area (Å²) in [5.74, 6) is 0.380. The standard InChI is InChI=1S/C27H25F3N4O3/c1-15(31)24-23(26(35)34-13-12-17(14-34)16-6-4-3-5-7-16)33-25(37-24)19-8-10-20(36-2)22-18(19)9-11-21(32-22)27(28,29)30/h3-11,15,17H,12-14,31H2,1-2H3/t15-,17?/m0/s1. The molecule has 0 aliphatic carbocycles. The predicted molar refractivity (Wildman–Crippen MR) is 131 cm³/mol. The summed E-state index contributed by atoms with van der Waals surface area (Å²) in [4.78, 5) is 23.5. The number of methoxy groups -OCH3 is 1. The molecular formula is C27H25F3N4O3. The van der Waals surface area contributed by atoms with E-state index in [-0.39, 0.29) is 40.4 Å². The molecule has 37 heavy (non-hydrogen) atoms. The van der Waals surface area contributed by atoms with Gasteiger partial charge >= 0.3 is 6.18 Å². The first kappa shape index (κ1) is 24.8. The van der Waals surface area contributed by atoms with Crippen molar-refractivity contribution in [3.63, 3.8) is 0 Å². The number of carbonyl (C=O) groups excluding carboxylic acids is 1. The van der Waals surface area contributed by atoms with Crippen molar-refractivity contribution in [2.45, 2.75) is 31.5 Å². The fourth-order valence-electron chi connectivity index (χ4n) is 4.70. The van der Waals surface area contributed by atoms with Gasteiger partial charge < -0.3 is 19.8 Å². The molecule has 0 bridgehead atoms. The number of hydrogen-bond donors (Lipinski definition) is 1. The first-order valence-electron chi connectivity index (χ1n) is 11.8. The topological polar surface area (TPSA) is 94.5 Å². The van der Waals surface area contributed by atoms with Gasteiger partial charge in [0.05, 0.1) is 13.2 Å². The number of carbonyl (C=O) groups is 1. The Morgan fingerprint density at radius 3 is 2.57 bits per heavy atom. The third-order valence-electron chi connectivity index (χ3n) is 6.58. The van der Waals surface area contributed by atoms with E-state index in [0.29, 0.717) is 24.0 Å². The molecule has 0 spiro atoms. The lowest BCUT2D eigenvalue weighted by molar-refractivity contribution is -0.140. The Hall–Kier alpha value is -3.92. The molecule has 1 unspecified atom stereocenters. The molecule has 1 aliphatic rings. The van der Waals surface area contributed by atoms with E-state index in [1.54, 1.807) is 17.9 Å². The molecule has 2 N–H and O–H groups in total. The van der Waals surface area contributed by atoms with Gasteiger partial charge in [-0.3, -0.25) is 4.79 Å². The molecule has 7 nitrogen and oxygen atoms in total. The van der Waals surface area contributed by atoms with E-state index in [1.165, 1.54) is 24.8 Å². The normalized spacial score (nSPS) is 16.8. The van der Waals surface area contributed by atoms with Gasteiger partial charge in [0.1, 0.15) is 17.0 Å². The SMILES string of the molecule is COc1ccc(-c2nc(C(=O)N3CCC(c4ccccc4)C3)c([C@H](C)N)o2)c2ccc(C(F)(F)F)nc12. The predicted octanol–water partition coefficient (Wildman–Crippen LogP) is 5.57. The second-order valence-electron chi connectivity index (χ2n) is 9.07. The van der Waals surface area contributed by atoms with Crippen molar-refractivity contribution >= 4 is 16.8 Å². The summed E-state index contributed by atoms with van der Waals surface area (Å²) in [6, 6.07) is 14.7. The van der Waals surface area contributed by atoms with Crippen molar-refractivity contribution in [3.8, 4) is 17.2 Å². The van der Waals surface area contributed by atoms with Crippen LogP contribution in [-0.2, 0) is 6.18 Å². The highest BCUT2D eigenvalue weighted by Gasteiger charge is 2.34. The first-order valence-corrected chi connectivity index (χ1v) is 11.8. The Labute approximate surface area is 211 Å². The number of nitrogens with zero attached hydrogens (tertiary/aromatic N) is 3. The van der Waals surface area contributed by atoms with Crippen molar-refractivity contribution in [2.75, 3.05) is 20.2 Å². The van der Waals surface area contributed by atoms with Gasteiger partial charge in [-0.1, -0.05) is 30.3 Å². The molecule has 4 aromatic rings. The number of likely N-dealkylation sites (tertiary alicyclic amines) is 1. The molecule has 5 rings (SSSR count). The minimum absolute atomic E-state index is 0.00787. The maximum atomic E-state index is 13.5. The number of amides is 1. The molecule has 1 saturated heterocycles. The number of rotatable bonds is 5. The minimum Gasteiger partial charge on any atom is -0.494 e. The molecule has 2 aromatic carbocycles. The number of benzene rings is 2. The lowest BCUT2D eigenvalue weighted by Gasteiger charge is -2.16. The molecule has 10 heteroatoms. The minimum atomic E-state index is -4.62. The van der Waals surface area contributed by atoms with Crippen LogP contribution in [0, 0.1) is 0 Å². The largest absolute Gasteiger partial charge is 0.494 e. The van der Waals surface area contributed by atoms with Crippen LogP contribution in [0.4, 0.5) is 13.2 Å². The van der Waals surface area contributed by atoms with Crippen LogP contribution in [0.2, 0.25) is 0 Å². The summed E-state index contributed by atoms with van der Waals surface area (Å²) in [7, 11) is 1.35. The van der Waals surface area contributed by atoms with Gasteiger partial charge in [0.25, 0.3) is 5.91 Å². The molecule has 1 amide bonds. The number of aromatic nitrogens is 2. The molecule has 192 valence electrons. The second-order valence-corrected chi connectivity index (χ2v) is 9.07. The average molecular weight is 511 g/mol. The zero-order chi connectivity index (χ0) is 26.3. The Morgan fingerprint density at radius 2 is 1.89 bits per heavy atom. The van der Waals surface area contributed by atoms with E-state index in [4.69, 9.17) is 14.9 Å². The molecule has 3 heterocycles. The van der Waals surface area contributed by atoms with Crippen molar-refractivity contribution in [3.05, 3.63) is 77.3 Å². The van der Waals surface area contributed by atoms with E-state index in [2.05, 4.69) is 9.97 Å². The van der Waals surface area contributed by atoms with Gasteiger partial charge in [0.2, 0.25) is 5.89 Å². The van der Waals surface area contributed by atoms with Crippen LogP contribution in [0.15, 0.2) is 59.0 Å². The van der Waals surface area contributed by atoms with Crippen LogP contribution in [0.1, 0.15) is 52.8 Å². The highest BCUT2D eigenvalue weighted by molar-refractivity contribution is 5.98. The van der Waals surface area contributed by atoms with Crippen molar-refractivity contribution in [1.29, 1.82) is 0 Å². The summed E-state index contributed by atoms with van der Waals surface area (Å²) in [6.45, 7) is 2.79. The van der Waals surface area contributed by atoms with Crippen LogP contribution in [0.25, 0.3) is 22.4 Å². The highest BCUT2D eigenvalue weighted by atomic mass is 19.4. The number of pyridine rings is 1. The monoisotopic (exact) mass is 510 g/mol. The molecule has 0 radical (unpaired) electrons. The number of fused-ring (bicyclic) bond motifs is 1. The number of ether oxygens (including phenoxy) is 1. The first-order chi connectivity index (χ1) is 17.7. The number of nitrogens with two attached hydrogens (primary N) is 1. The van der Waals surface area contributed by atoms with Gasteiger partial charge in [-0.05, 0) is 43.2 Å². The summed E-state index contributed by atoms with van der Waals surface area (Å²) in [6.07, 6.45) is -3.79. The van der Waals surface area contributed by atoms with Crippen LogP contribution in [0.3, 0.4) is 0 Å². The number of oxazole rings is 1. The zero-order valence-electron chi connectivity index (χ0n) is 20.2. The summed E-state index contributed by atoms with van der Waals surface area (Å²) < 4.78 is 51.1. The summed E-state index contributed by atoms with van der Waals surface area (Å²) in [5.41, 5.74) is 6.73. The lowest BCUT2D eigenvalue weighted by atomic mass is 9.99. The Kier molecular flexibility index (Phi) is 6.36. The fourth-order valence-corrected chi connectivity index (χ4v) is 4.70. The van der Waals surface area contributed by atoms with E-state index >= 15 is 0 Å². The molecule has 0 saturated carbocycles. The lowest BCUT2D eigenvalue weighted by Crippen LogP contribution is -2.30. The fraction of sp³-hybridized carbons (Fsp3) is 0.296. The molecule has 2 atom stereocenters. The molecule has 2 aromatic heterocycles. The number of hydrogen-bond acceptors (Lipinski definition) is 6. The maximum absolute atomic E-state index is 13.5. The van der Waals surface area contributed by atoms with Gasteiger partial charge in [0, 0.05) is 30.0 Å². The van der Waals surface area contributed by atoms with Gasteiger partial charge in [-0.25, -0.2) is 9.97 Å². The van der Waals surface area contributed by atoms with Gasteiger partial charge in [-0.2, -0.15) is 13.2 Å². The second kappa shape index (κ2) is 9.51. The van der Waals surface area contributed by atoms with Crippen LogP contribution in [-0.4, -0.2) is 41.0 Å². The maximum Gasteiger partial charge on any atom is 0.433 e. The highest BCUT2D eigenvalue weighted by Crippen LogP contribution is 2.38. The van der Waals surface area contributed by atoms with E-state index in [9.17, 15) is 18.0 Å². The van der Waals surface area contributed by atoms with E-state index in [0.717, 1.165) is 12.5 Å². The summed E-state index contributed by atoms with van der Waals surface area (Å²) in [5, 5.41) is 0.342. The quantitative estimate of drug-likeness (QED) is 0.377. The number of halogens is 3.